The highest BCUT2D eigenvalue weighted by Crippen LogP contribution is 2.12. The highest BCUT2D eigenvalue weighted by atomic mass is 19.1. The summed E-state index contributed by atoms with van der Waals surface area (Å²) in [5, 5.41) is 0. The number of hydrogen-bond donors (Lipinski definition) is 0. The van der Waals surface area contributed by atoms with Crippen molar-refractivity contribution in [3.05, 3.63) is 66.0 Å². The van der Waals surface area contributed by atoms with Gasteiger partial charge in [0.05, 0.1) is 23.4 Å². The van der Waals surface area contributed by atoms with Crippen LogP contribution in [0.2, 0.25) is 0 Å². The third kappa shape index (κ3) is 2.18. The fraction of sp³-hybridized carbons (Fsp3) is 0. The van der Waals surface area contributed by atoms with E-state index in [4.69, 9.17) is 0 Å². The summed E-state index contributed by atoms with van der Waals surface area (Å²) in [6.07, 6.45) is 3.74. The average Bonchev–Trinajstić information content (AvgIpc) is 2.46. The summed E-state index contributed by atoms with van der Waals surface area (Å²) in [5.41, 5.74) is 1.66. The van der Waals surface area contributed by atoms with Gasteiger partial charge in [0, 0.05) is 11.8 Å². The molecule has 0 aliphatic carbocycles. The van der Waals surface area contributed by atoms with E-state index in [0.717, 1.165) is 12.3 Å². The third-order valence-corrected chi connectivity index (χ3v) is 2.65. The van der Waals surface area contributed by atoms with Crippen LogP contribution < -0.4 is 0 Å². The number of aromatic nitrogens is 3. The number of hydrogen-bond acceptors (Lipinski definition) is 4. The van der Waals surface area contributed by atoms with Gasteiger partial charge in [-0.3, -0.25) is 14.8 Å². The van der Waals surface area contributed by atoms with Crippen molar-refractivity contribution in [2.45, 2.75) is 0 Å². The number of benzene rings is 1. The Morgan fingerprint density at radius 2 is 1.84 bits per heavy atom. The molecule has 5 heteroatoms. The zero-order chi connectivity index (χ0) is 13.2. The molecule has 0 fully saturated rings. The maximum atomic E-state index is 13.0. The Kier molecular flexibility index (Phi) is 2.72. The van der Waals surface area contributed by atoms with E-state index < -0.39 is 11.6 Å². The lowest BCUT2D eigenvalue weighted by Gasteiger charge is -2.01. The molecule has 0 saturated heterocycles. The summed E-state index contributed by atoms with van der Waals surface area (Å²) < 4.78 is 13.0. The van der Waals surface area contributed by atoms with E-state index >= 15 is 0 Å². The smallest absolute Gasteiger partial charge is 0.214 e. The second-order valence-electron chi connectivity index (χ2n) is 3.96. The topological polar surface area (TPSA) is 55.7 Å². The molecule has 0 unspecified atom stereocenters. The number of carbonyl (C=O) groups excluding carboxylic acids is 1. The molecule has 4 nitrogen and oxygen atoms in total. The van der Waals surface area contributed by atoms with Gasteiger partial charge in [-0.1, -0.05) is 12.1 Å². The molecular weight excluding hydrogens is 245 g/mol. The van der Waals surface area contributed by atoms with Gasteiger partial charge in [0.1, 0.15) is 11.5 Å². The lowest BCUT2D eigenvalue weighted by molar-refractivity contribution is 0.103. The second kappa shape index (κ2) is 4.53. The average molecular weight is 253 g/mol. The Hall–Kier alpha value is -2.69. The predicted molar refractivity (Wildman–Crippen MR) is 67.2 cm³/mol. The van der Waals surface area contributed by atoms with Gasteiger partial charge >= 0.3 is 0 Å². The quantitative estimate of drug-likeness (QED) is 0.658. The van der Waals surface area contributed by atoms with Crippen LogP contribution in [-0.2, 0) is 0 Å². The summed E-state index contributed by atoms with van der Waals surface area (Å²) in [6, 6.07) is 8.36. The van der Waals surface area contributed by atoms with Gasteiger partial charge in [-0.05, 0) is 18.2 Å². The van der Waals surface area contributed by atoms with Crippen LogP contribution in [0.5, 0.6) is 0 Å². The molecule has 3 rings (SSSR count). The van der Waals surface area contributed by atoms with Crippen LogP contribution >= 0.6 is 0 Å². The SMILES string of the molecule is O=C(c1cncc(F)c1)c1cnc2ccccc2n1. The molecule has 3 aromatic rings. The van der Waals surface area contributed by atoms with Crippen molar-refractivity contribution in [2.24, 2.45) is 0 Å². The molecule has 1 aromatic carbocycles. The Bertz CT molecular complexity index is 773. The molecular formula is C14H8FN3O. The van der Waals surface area contributed by atoms with Crippen LogP contribution in [-0.4, -0.2) is 20.7 Å². The number of ketones is 1. The number of pyridine rings is 1. The highest BCUT2D eigenvalue weighted by molar-refractivity contribution is 6.07. The van der Waals surface area contributed by atoms with Gasteiger partial charge in [0.2, 0.25) is 5.78 Å². The van der Waals surface area contributed by atoms with Crippen molar-refractivity contribution in [3.63, 3.8) is 0 Å². The van der Waals surface area contributed by atoms with Gasteiger partial charge in [-0.2, -0.15) is 0 Å². The number of halogens is 1. The number of nitrogens with zero attached hydrogens (tertiary/aromatic N) is 3. The second-order valence-corrected chi connectivity index (χ2v) is 3.96. The van der Waals surface area contributed by atoms with E-state index in [1.54, 1.807) is 12.1 Å². The maximum absolute atomic E-state index is 13.0. The summed E-state index contributed by atoms with van der Waals surface area (Å²) >= 11 is 0. The van der Waals surface area contributed by atoms with E-state index in [0.29, 0.717) is 11.0 Å². The first-order valence-electron chi connectivity index (χ1n) is 5.61. The first-order chi connectivity index (χ1) is 9.24. The largest absolute Gasteiger partial charge is 0.287 e. The van der Waals surface area contributed by atoms with Crippen molar-refractivity contribution < 1.29 is 9.18 Å². The summed E-state index contributed by atoms with van der Waals surface area (Å²) in [5.74, 6) is -0.954. The minimum atomic E-state index is -0.556. The molecule has 0 saturated carbocycles. The molecule has 0 radical (unpaired) electrons. The minimum absolute atomic E-state index is 0.157. The zero-order valence-corrected chi connectivity index (χ0v) is 9.75. The minimum Gasteiger partial charge on any atom is -0.287 e. The van der Waals surface area contributed by atoms with Crippen LogP contribution in [0.3, 0.4) is 0 Å². The maximum Gasteiger partial charge on any atom is 0.214 e. The molecule has 0 amide bonds. The predicted octanol–water partition coefficient (Wildman–Crippen LogP) is 2.39. The Morgan fingerprint density at radius 1 is 1.05 bits per heavy atom. The number of carbonyl (C=O) groups is 1. The van der Waals surface area contributed by atoms with Gasteiger partial charge in [-0.15, -0.1) is 0 Å². The van der Waals surface area contributed by atoms with E-state index in [2.05, 4.69) is 15.0 Å². The number of fused-ring (bicyclic) bond motifs is 1. The number of rotatable bonds is 2. The summed E-state index contributed by atoms with van der Waals surface area (Å²) in [7, 11) is 0. The lowest BCUT2D eigenvalue weighted by Crippen LogP contribution is -2.06. The monoisotopic (exact) mass is 253 g/mol. The van der Waals surface area contributed by atoms with E-state index in [-0.39, 0.29) is 11.3 Å². The molecule has 0 aliphatic heterocycles. The van der Waals surface area contributed by atoms with E-state index in [9.17, 15) is 9.18 Å². The molecule has 0 bridgehead atoms. The van der Waals surface area contributed by atoms with Crippen LogP contribution in [0.25, 0.3) is 11.0 Å². The first-order valence-corrected chi connectivity index (χ1v) is 5.61. The molecule has 92 valence electrons. The fourth-order valence-electron chi connectivity index (χ4n) is 1.75. The number of para-hydroxylation sites is 2. The van der Waals surface area contributed by atoms with Crippen molar-refractivity contribution in [1.29, 1.82) is 0 Å². The van der Waals surface area contributed by atoms with Crippen molar-refractivity contribution in [1.82, 2.24) is 15.0 Å². The van der Waals surface area contributed by atoms with Crippen LogP contribution in [0, 0.1) is 5.82 Å². The van der Waals surface area contributed by atoms with Crippen LogP contribution in [0.15, 0.2) is 48.9 Å². The zero-order valence-electron chi connectivity index (χ0n) is 9.75. The van der Waals surface area contributed by atoms with Crippen molar-refractivity contribution >= 4 is 16.8 Å². The fourth-order valence-corrected chi connectivity index (χ4v) is 1.75. The molecule has 2 aromatic heterocycles. The van der Waals surface area contributed by atoms with E-state index in [1.165, 1.54) is 12.4 Å². The highest BCUT2D eigenvalue weighted by Gasteiger charge is 2.13. The van der Waals surface area contributed by atoms with Gasteiger partial charge in [0.15, 0.2) is 0 Å². The summed E-state index contributed by atoms with van der Waals surface area (Å²) in [4.78, 5) is 24.2. The third-order valence-electron chi connectivity index (χ3n) is 2.65. The Balaban J connectivity index is 2.06. The van der Waals surface area contributed by atoms with Crippen LogP contribution in [0.4, 0.5) is 4.39 Å². The van der Waals surface area contributed by atoms with Crippen molar-refractivity contribution in [3.8, 4) is 0 Å². The Labute approximate surface area is 108 Å². The van der Waals surface area contributed by atoms with Crippen molar-refractivity contribution in [2.75, 3.05) is 0 Å². The standard InChI is InChI=1S/C14H8FN3O/c15-10-5-9(6-16-7-10)14(19)13-8-17-11-3-1-2-4-12(11)18-13/h1-8H. The lowest BCUT2D eigenvalue weighted by atomic mass is 10.1. The molecule has 0 atom stereocenters. The molecule has 0 N–H and O–H groups in total. The van der Waals surface area contributed by atoms with Gasteiger partial charge < -0.3 is 0 Å². The molecule has 19 heavy (non-hydrogen) atoms. The Morgan fingerprint density at radius 3 is 2.63 bits per heavy atom. The normalized spacial score (nSPS) is 10.6. The molecule has 0 aliphatic rings. The van der Waals surface area contributed by atoms with Crippen LogP contribution in [0.1, 0.15) is 16.1 Å². The molecule has 2 heterocycles. The molecule has 0 spiro atoms. The van der Waals surface area contributed by atoms with E-state index in [1.807, 2.05) is 12.1 Å². The van der Waals surface area contributed by atoms with Gasteiger partial charge in [0.25, 0.3) is 0 Å². The summed E-state index contributed by atoms with van der Waals surface area (Å²) in [6.45, 7) is 0. The first kappa shape index (κ1) is 11.4. The van der Waals surface area contributed by atoms with Gasteiger partial charge in [-0.25, -0.2) is 9.37 Å².